The molecule has 1 saturated heterocycles. The second-order valence-electron chi connectivity index (χ2n) is 4.98. The van der Waals surface area contributed by atoms with Gasteiger partial charge in [0.05, 0.1) is 11.6 Å². The van der Waals surface area contributed by atoms with E-state index >= 15 is 0 Å². The highest BCUT2D eigenvalue weighted by atomic mass is 16.3. The molecule has 0 atom stereocenters. The van der Waals surface area contributed by atoms with Crippen molar-refractivity contribution in [1.82, 2.24) is 14.7 Å². The maximum absolute atomic E-state index is 10.5. The van der Waals surface area contributed by atoms with Crippen LogP contribution >= 0.6 is 0 Å². The number of fused-ring (bicyclic) bond motifs is 1. The van der Waals surface area contributed by atoms with Crippen LogP contribution in [0.3, 0.4) is 0 Å². The highest BCUT2D eigenvalue weighted by molar-refractivity contribution is 5.81. The summed E-state index contributed by atoms with van der Waals surface area (Å²) in [5.41, 5.74) is 1.29. The van der Waals surface area contributed by atoms with E-state index in [1.807, 2.05) is 10.7 Å². The predicted octanol–water partition coefficient (Wildman–Crippen LogP) is 2.70. The summed E-state index contributed by atoms with van der Waals surface area (Å²) in [6.07, 6.45) is 4.33. The molecule has 5 nitrogen and oxygen atoms in total. The number of piperidine rings is 1. The SMILES string of the molecule is CN1CCC(n2cc3ccc(N=O)cc3n2)CC1. The second-order valence-corrected chi connectivity index (χ2v) is 4.98. The van der Waals surface area contributed by atoms with Crippen molar-refractivity contribution in [2.45, 2.75) is 18.9 Å². The summed E-state index contributed by atoms with van der Waals surface area (Å²) in [5.74, 6) is 0. The highest BCUT2D eigenvalue weighted by Gasteiger charge is 2.19. The number of hydrogen-bond donors (Lipinski definition) is 0. The lowest BCUT2D eigenvalue weighted by Gasteiger charge is -2.28. The molecule has 0 saturated carbocycles. The van der Waals surface area contributed by atoms with Gasteiger partial charge in [0.2, 0.25) is 0 Å². The molecule has 1 aromatic carbocycles. The van der Waals surface area contributed by atoms with Crippen molar-refractivity contribution >= 4 is 16.6 Å². The van der Waals surface area contributed by atoms with E-state index in [1.165, 1.54) is 0 Å². The van der Waals surface area contributed by atoms with Gasteiger partial charge in [-0.15, -0.1) is 4.91 Å². The molecule has 0 spiro atoms. The van der Waals surface area contributed by atoms with Crippen LogP contribution in [-0.4, -0.2) is 34.8 Å². The molecular weight excluding hydrogens is 228 g/mol. The van der Waals surface area contributed by atoms with Crippen LogP contribution in [0.15, 0.2) is 29.6 Å². The quantitative estimate of drug-likeness (QED) is 0.763. The average molecular weight is 244 g/mol. The Labute approximate surface area is 105 Å². The number of nitrogens with zero attached hydrogens (tertiary/aromatic N) is 4. The normalized spacial score (nSPS) is 18.3. The Hall–Kier alpha value is -1.75. The van der Waals surface area contributed by atoms with Crippen molar-refractivity contribution in [3.8, 4) is 0 Å². The minimum Gasteiger partial charge on any atom is -0.306 e. The molecule has 3 rings (SSSR count). The number of likely N-dealkylation sites (tertiary alicyclic amines) is 1. The molecule has 1 fully saturated rings. The first-order valence-electron chi connectivity index (χ1n) is 6.27. The largest absolute Gasteiger partial charge is 0.306 e. The summed E-state index contributed by atoms with van der Waals surface area (Å²) >= 11 is 0. The zero-order valence-electron chi connectivity index (χ0n) is 10.4. The van der Waals surface area contributed by atoms with E-state index in [4.69, 9.17) is 0 Å². The zero-order chi connectivity index (χ0) is 12.5. The van der Waals surface area contributed by atoms with Crippen molar-refractivity contribution < 1.29 is 0 Å². The lowest BCUT2D eigenvalue weighted by molar-refractivity contribution is 0.213. The summed E-state index contributed by atoms with van der Waals surface area (Å²) in [4.78, 5) is 12.8. The van der Waals surface area contributed by atoms with Crippen LogP contribution in [0.1, 0.15) is 18.9 Å². The maximum Gasteiger partial charge on any atom is 0.110 e. The molecule has 0 amide bonds. The van der Waals surface area contributed by atoms with Gasteiger partial charge in [0.25, 0.3) is 0 Å². The van der Waals surface area contributed by atoms with E-state index in [2.05, 4.69) is 28.4 Å². The fraction of sp³-hybridized carbons (Fsp3) is 0.462. The van der Waals surface area contributed by atoms with Crippen molar-refractivity contribution in [2.24, 2.45) is 5.18 Å². The molecule has 2 aromatic rings. The number of hydrogen-bond acceptors (Lipinski definition) is 4. The molecule has 0 unspecified atom stereocenters. The molecule has 94 valence electrons. The minimum absolute atomic E-state index is 0.441. The van der Waals surface area contributed by atoms with Gasteiger partial charge in [-0.1, -0.05) is 0 Å². The topological polar surface area (TPSA) is 50.5 Å². The molecule has 1 aromatic heterocycles. The number of rotatable bonds is 2. The third-order valence-electron chi connectivity index (χ3n) is 3.68. The number of aromatic nitrogens is 2. The summed E-state index contributed by atoms with van der Waals surface area (Å²) in [7, 11) is 2.15. The summed E-state index contributed by atoms with van der Waals surface area (Å²) in [5, 5.41) is 8.59. The second kappa shape index (κ2) is 4.49. The van der Waals surface area contributed by atoms with Gasteiger partial charge in [0.15, 0.2) is 0 Å². The van der Waals surface area contributed by atoms with E-state index in [0.29, 0.717) is 11.7 Å². The number of nitroso groups, excluding NO2 is 1. The Morgan fingerprint density at radius 3 is 2.83 bits per heavy atom. The van der Waals surface area contributed by atoms with E-state index in [1.54, 1.807) is 12.1 Å². The Bertz CT molecular complexity index is 569. The minimum atomic E-state index is 0.441. The van der Waals surface area contributed by atoms with Crippen molar-refractivity contribution in [2.75, 3.05) is 20.1 Å². The van der Waals surface area contributed by atoms with Gasteiger partial charge in [-0.25, -0.2) is 0 Å². The average Bonchev–Trinajstić information content (AvgIpc) is 2.82. The maximum atomic E-state index is 10.5. The summed E-state index contributed by atoms with van der Waals surface area (Å²) in [6, 6.07) is 5.86. The fourth-order valence-corrected chi connectivity index (χ4v) is 2.53. The fourth-order valence-electron chi connectivity index (χ4n) is 2.53. The van der Waals surface area contributed by atoms with Gasteiger partial charge in [-0.2, -0.15) is 5.10 Å². The van der Waals surface area contributed by atoms with E-state index in [0.717, 1.165) is 36.8 Å². The molecule has 0 bridgehead atoms. The van der Waals surface area contributed by atoms with E-state index < -0.39 is 0 Å². The van der Waals surface area contributed by atoms with Gasteiger partial charge >= 0.3 is 0 Å². The standard InChI is InChI=1S/C13H16N4O/c1-16-6-4-12(5-7-16)17-9-10-2-3-11(15-18)8-13(10)14-17/h2-3,8-9,12H,4-7H2,1H3. The van der Waals surface area contributed by atoms with Crippen LogP contribution < -0.4 is 0 Å². The highest BCUT2D eigenvalue weighted by Crippen LogP contribution is 2.25. The van der Waals surface area contributed by atoms with E-state index in [9.17, 15) is 4.91 Å². The van der Waals surface area contributed by atoms with Crippen LogP contribution in [0.2, 0.25) is 0 Å². The van der Waals surface area contributed by atoms with Gasteiger partial charge in [-0.05, 0) is 56.4 Å². The third kappa shape index (κ3) is 2.01. The van der Waals surface area contributed by atoms with Gasteiger partial charge in [0.1, 0.15) is 5.69 Å². The molecule has 1 aliphatic heterocycles. The Kier molecular flexibility index (Phi) is 2.83. The molecule has 0 N–H and O–H groups in total. The van der Waals surface area contributed by atoms with E-state index in [-0.39, 0.29) is 0 Å². The van der Waals surface area contributed by atoms with Crippen LogP contribution in [0, 0.1) is 4.91 Å². The Balaban J connectivity index is 1.91. The van der Waals surface area contributed by atoms with Crippen molar-refractivity contribution in [3.05, 3.63) is 29.3 Å². The van der Waals surface area contributed by atoms with Crippen LogP contribution in [0.4, 0.5) is 5.69 Å². The molecule has 5 heteroatoms. The molecule has 18 heavy (non-hydrogen) atoms. The first-order valence-corrected chi connectivity index (χ1v) is 6.27. The Morgan fingerprint density at radius 2 is 2.11 bits per heavy atom. The van der Waals surface area contributed by atoms with Crippen molar-refractivity contribution in [3.63, 3.8) is 0 Å². The first kappa shape index (κ1) is 11.3. The summed E-state index contributed by atoms with van der Waals surface area (Å²) in [6.45, 7) is 2.23. The van der Waals surface area contributed by atoms with Crippen LogP contribution in [0.25, 0.3) is 10.9 Å². The third-order valence-corrected chi connectivity index (χ3v) is 3.68. The molecule has 1 aliphatic rings. The van der Waals surface area contributed by atoms with Gasteiger partial charge < -0.3 is 4.90 Å². The molecule has 2 heterocycles. The predicted molar refractivity (Wildman–Crippen MR) is 71.0 cm³/mol. The Morgan fingerprint density at radius 1 is 1.33 bits per heavy atom. The van der Waals surface area contributed by atoms with Gasteiger partial charge in [0, 0.05) is 11.6 Å². The molecule has 0 aliphatic carbocycles. The van der Waals surface area contributed by atoms with Crippen LogP contribution in [0.5, 0.6) is 0 Å². The smallest absolute Gasteiger partial charge is 0.110 e. The molecular formula is C13H16N4O. The zero-order valence-corrected chi connectivity index (χ0v) is 10.4. The monoisotopic (exact) mass is 244 g/mol. The lowest BCUT2D eigenvalue weighted by Crippen LogP contribution is -2.31. The summed E-state index contributed by atoms with van der Waals surface area (Å²) < 4.78 is 2.05. The van der Waals surface area contributed by atoms with Gasteiger partial charge in [-0.3, -0.25) is 4.68 Å². The van der Waals surface area contributed by atoms with Crippen molar-refractivity contribution in [1.29, 1.82) is 0 Å². The first-order chi connectivity index (χ1) is 8.76. The molecule has 0 radical (unpaired) electrons. The number of benzene rings is 1. The van der Waals surface area contributed by atoms with Crippen LogP contribution in [-0.2, 0) is 0 Å². The lowest BCUT2D eigenvalue weighted by atomic mass is 10.1.